The summed E-state index contributed by atoms with van der Waals surface area (Å²) in [6, 6.07) is 18.1. The zero-order valence-electron chi connectivity index (χ0n) is 22.1. The maximum absolute atomic E-state index is 13.5. The molecule has 0 radical (unpaired) electrons. The molecule has 1 aliphatic rings. The van der Waals surface area contributed by atoms with Crippen molar-refractivity contribution in [2.24, 2.45) is 0 Å². The summed E-state index contributed by atoms with van der Waals surface area (Å²) < 4.78 is 0. The molecule has 3 aromatic rings. The number of ketones is 1. The fraction of sp³-hybridized carbons (Fsp3) is 0.323. The summed E-state index contributed by atoms with van der Waals surface area (Å²) in [7, 11) is 0. The molecule has 1 fully saturated rings. The maximum Gasteiger partial charge on any atom is 0.300 e. The van der Waals surface area contributed by atoms with Crippen LogP contribution in [-0.2, 0) is 20.4 Å². The number of Topliss-reactive ketones (excluding diaryl/α,β-unsaturated/α-hetero) is 1. The zero-order valence-corrected chi connectivity index (χ0v) is 22.1. The van der Waals surface area contributed by atoms with Crippen molar-refractivity contribution in [3.63, 3.8) is 0 Å². The molecule has 1 saturated heterocycles. The highest BCUT2D eigenvalue weighted by atomic mass is 16.3. The van der Waals surface area contributed by atoms with E-state index in [2.05, 4.69) is 46.5 Å². The van der Waals surface area contributed by atoms with Gasteiger partial charge in [0.1, 0.15) is 11.8 Å². The first-order valence-corrected chi connectivity index (χ1v) is 12.2. The quantitative estimate of drug-likeness (QED) is 0.259. The van der Waals surface area contributed by atoms with Crippen molar-refractivity contribution in [3.05, 3.63) is 100 Å². The SMILES string of the molecule is Cc1ccc(C(C)(C)C)cc1/C(O)=C1\C(=O)C(=O)N(c2ccc(C(C)(C)C)cc2)C1c1ccccn1. The van der Waals surface area contributed by atoms with Crippen LogP contribution in [0, 0.1) is 6.92 Å². The van der Waals surface area contributed by atoms with E-state index in [-0.39, 0.29) is 22.2 Å². The van der Waals surface area contributed by atoms with Crippen LogP contribution in [0.2, 0.25) is 0 Å². The molecule has 1 unspecified atom stereocenters. The van der Waals surface area contributed by atoms with Gasteiger partial charge < -0.3 is 5.11 Å². The standard InChI is InChI=1S/C31H34N2O3/c1-19-11-12-21(31(5,6)7)18-23(19)27(34)25-26(24-10-8-9-17-32-24)33(29(36)28(25)35)22-15-13-20(14-16-22)30(2,3)4/h8-18,26,34H,1-7H3/b27-25+. The van der Waals surface area contributed by atoms with Gasteiger partial charge >= 0.3 is 0 Å². The average molecular weight is 483 g/mol. The normalized spacial score (nSPS) is 18.1. The summed E-state index contributed by atoms with van der Waals surface area (Å²) in [6.07, 6.45) is 1.63. The van der Waals surface area contributed by atoms with Crippen LogP contribution in [0.25, 0.3) is 5.76 Å². The first-order valence-electron chi connectivity index (χ1n) is 12.2. The van der Waals surface area contributed by atoms with E-state index in [9.17, 15) is 14.7 Å². The van der Waals surface area contributed by atoms with E-state index in [1.54, 1.807) is 18.3 Å². The minimum absolute atomic E-state index is 0.0488. The molecule has 1 aliphatic heterocycles. The van der Waals surface area contributed by atoms with Gasteiger partial charge in [0.15, 0.2) is 0 Å². The van der Waals surface area contributed by atoms with Crippen molar-refractivity contribution in [2.45, 2.75) is 65.3 Å². The largest absolute Gasteiger partial charge is 0.507 e. The smallest absolute Gasteiger partial charge is 0.300 e. The molecule has 5 nitrogen and oxygen atoms in total. The number of aliphatic hydroxyl groups is 1. The Morgan fingerprint density at radius 1 is 0.861 bits per heavy atom. The Morgan fingerprint density at radius 2 is 1.47 bits per heavy atom. The number of hydrogen-bond acceptors (Lipinski definition) is 4. The van der Waals surface area contributed by atoms with Crippen molar-refractivity contribution in [3.8, 4) is 0 Å². The minimum Gasteiger partial charge on any atom is -0.507 e. The van der Waals surface area contributed by atoms with E-state index in [0.717, 1.165) is 16.7 Å². The van der Waals surface area contributed by atoms with Crippen LogP contribution in [0.1, 0.15) is 75.5 Å². The summed E-state index contributed by atoms with van der Waals surface area (Å²) in [5.41, 5.74) is 4.45. The Labute approximate surface area is 213 Å². The van der Waals surface area contributed by atoms with Crippen LogP contribution in [0.3, 0.4) is 0 Å². The molecule has 186 valence electrons. The zero-order chi connectivity index (χ0) is 26.4. The third-order valence-electron chi connectivity index (χ3n) is 6.78. The number of hydrogen-bond donors (Lipinski definition) is 1. The lowest BCUT2D eigenvalue weighted by Crippen LogP contribution is -2.30. The van der Waals surface area contributed by atoms with Crippen molar-refractivity contribution in [1.29, 1.82) is 0 Å². The van der Waals surface area contributed by atoms with Crippen molar-refractivity contribution in [2.75, 3.05) is 4.90 Å². The molecule has 0 saturated carbocycles. The molecule has 0 bridgehead atoms. The molecular weight excluding hydrogens is 448 g/mol. The number of aromatic nitrogens is 1. The molecule has 2 heterocycles. The molecule has 1 amide bonds. The molecule has 0 aliphatic carbocycles. The van der Waals surface area contributed by atoms with Gasteiger partial charge in [-0.25, -0.2) is 0 Å². The summed E-state index contributed by atoms with van der Waals surface area (Å²) in [6.45, 7) is 14.5. The van der Waals surface area contributed by atoms with Crippen LogP contribution in [0.15, 0.2) is 72.4 Å². The second-order valence-corrected chi connectivity index (χ2v) is 11.5. The van der Waals surface area contributed by atoms with Crippen LogP contribution >= 0.6 is 0 Å². The molecule has 0 spiro atoms. The van der Waals surface area contributed by atoms with Gasteiger partial charge in [-0.2, -0.15) is 0 Å². The molecule has 5 heteroatoms. The molecular formula is C31H34N2O3. The van der Waals surface area contributed by atoms with Gasteiger partial charge in [-0.05, 0) is 64.8 Å². The lowest BCUT2D eigenvalue weighted by molar-refractivity contribution is -0.132. The van der Waals surface area contributed by atoms with E-state index < -0.39 is 17.7 Å². The Morgan fingerprint density at radius 3 is 2.03 bits per heavy atom. The second kappa shape index (κ2) is 9.05. The first kappa shape index (κ1) is 25.4. The Balaban J connectivity index is 1.93. The monoisotopic (exact) mass is 482 g/mol. The highest BCUT2D eigenvalue weighted by Crippen LogP contribution is 2.42. The van der Waals surface area contributed by atoms with Crippen LogP contribution in [-0.4, -0.2) is 21.8 Å². The summed E-state index contributed by atoms with van der Waals surface area (Å²) in [4.78, 5) is 32.8. The summed E-state index contributed by atoms with van der Waals surface area (Å²) in [5, 5.41) is 11.6. The molecule has 1 aromatic heterocycles. The molecule has 2 aromatic carbocycles. The minimum atomic E-state index is -0.843. The van der Waals surface area contributed by atoms with Crippen LogP contribution in [0.4, 0.5) is 5.69 Å². The number of carbonyl (C=O) groups is 2. The van der Waals surface area contributed by atoms with E-state index in [0.29, 0.717) is 16.9 Å². The van der Waals surface area contributed by atoms with Gasteiger partial charge in [-0.15, -0.1) is 0 Å². The van der Waals surface area contributed by atoms with E-state index >= 15 is 0 Å². The molecule has 4 rings (SSSR count). The average Bonchev–Trinajstić information content (AvgIpc) is 3.09. The number of benzene rings is 2. The summed E-state index contributed by atoms with van der Waals surface area (Å²) in [5.74, 6) is -1.58. The summed E-state index contributed by atoms with van der Waals surface area (Å²) >= 11 is 0. The predicted molar refractivity (Wildman–Crippen MR) is 144 cm³/mol. The number of anilines is 1. The topological polar surface area (TPSA) is 70.5 Å². The van der Waals surface area contributed by atoms with Crippen molar-refractivity contribution < 1.29 is 14.7 Å². The first-order chi connectivity index (χ1) is 16.8. The Kier molecular flexibility index (Phi) is 6.38. The number of amides is 1. The molecule has 36 heavy (non-hydrogen) atoms. The number of pyridine rings is 1. The van der Waals surface area contributed by atoms with Gasteiger partial charge in [0.05, 0.1) is 11.3 Å². The maximum atomic E-state index is 13.5. The van der Waals surface area contributed by atoms with Gasteiger partial charge in [-0.1, -0.05) is 71.9 Å². The van der Waals surface area contributed by atoms with Gasteiger partial charge in [0, 0.05) is 17.4 Å². The van der Waals surface area contributed by atoms with E-state index in [1.165, 1.54) is 4.90 Å². The van der Waals surface area contributed by atoms with Gasteiger partial charge in [0.2, 0.25) is 0 Å². The van der Waals surface area contributed by atoms with E-state index in [4.69, 9.17) is 0 Å². The predicted octanol–water partition coefficient (Wildman–Crippen LogP) is 6.61. The van der Waals surface area contributed by atoms with Gasteiger partial charge in [-0.3, -0.25) is 19.5 Å². The number of rotatable bonds is 3. The lowest BCUT2D eigenvalue weighted by Gasteiger charge is -2.26. The fourth-order valence-corrected chi connectivity index (χ4v) is 4.53. The number of aryl methyl sites for hydroxylation is 1. The number of nitrogens with zero attached hydrogens (tertiary/aromatic N) is 2. The number of aliphatic hydroxyl groups excluding tert-OH is 1. The second-order valence-electron chi connectivity index (χ2n) is 11.5. The third-order valence-corrected chi connectivity index (χ3v) is 6.78. The fourth-order valence-electron chi connectivity index (χ4n) is 4.53. The number of carbonyl (C=O) groups excluding carboxylic acids is 2. The third kappa shape index (κ3) is 4.58. The molecule has 1 N–H and O–H groups in total. The van der Waals surface area contributed by atoms with E-state index in [1.807, 2.05) is 55.5 Å². The van der Waals surface area contributed by atoms with Crippen molar-refractivity contribution in [1.82, 2.24) is 4.98 Å². The van der Waals surface area contributed by atoms with Crippen LogP contribution in [0.5, 0.6) is 0 Å². The Hall–Kier alpha value is -3.73. The lowest BCUT2D eigenvalue weighted by atomic mass is 9.84. The Bertz CT molecular complexity index is 1340. The van der Waals surface area contributed by atoms with Crippen molar-refractivity contribution >= 4 is 23.1 Å². The highest BCUT2D eigenvalue weighted by molar-refractivity contribution is 6.51. The van der Waals surface area contributed by atoms with Crippen LogP contribution < -0.4 is 4.90 Å². The molecule has 1 atom stereocenters. The van der Waals surface area contributed by atoms with Gasteiger partial charge in [0.25, 0.3) is 11.7 Å². The highest BCUT2D eigenvalue weighted by Gasteiger charge is 2.47.